The first kappa shape index (κ1) is 16.7. The van der Waals surface area contributed by atoms with Gasteiger partial charge in [0.05, 0.1) is 19.9 Å². The van der Waals surface area contributed by atoms with Crippen molar-refractivity contribution in [2.24, 2.45) is 5.41 Å². The van der Waals surface area contributed by atoms with Crippen LogP contribution in [0.4, 0.5) is 0 Å². The average molecular weight is 282 g/mol. The van der Waals surface area contributed by atoms with Crippen molar-refractivity contribution in [1.82, 2.24) is 10.3 Å². The molecule has 5 heteroatoms. The highest BCUT2D eigenvalue weighted by Gasteiger charge is 2.18. The molecular weight excluding hydrogens is 256 g/mol. The van der Waals surface area contributed by atoms with Crippen LogP contribution in [0.3, 0.4) is 0 Å². The fourth-order valence-electron chi connectivity index (χ4n) is 1.96. The topological polar surface area (TPSA) is 52.6 Å². The van der Waals surface area contributed by atoms with Gasteiger partial charge in [0.1, 0.15) is 0 Å². The zero-order valence-electron chi connectivity index (χ0n) is 13.2. The van der Waals surface area contributed by atoms with E-state index in [-0.39, 0.29) is 5.41 Å². The molecule has 0 fully saturated rings. The predicted octanol–water partition coefficient (Wildman–Crippen LogP) is 2.25. The standard InChI is InChI=1S/C15H26N2O3/c1-15(2,7-9-18-3)11-16-10-12-14(20-5)13(19-4)6-8-17-12/h6,8,16H,7,9-11H2,1-5H3. The van der Waals surface area contributed by atoms with Crippen LogP contribution in [0.2, 0.25) is 0 Å². The summed E-state index contributed by atoms with van der Waals surface area (Å²) in [5, 5.41) is 3.42. The summed E-state index contributed by atoms with van der Waals surface area (Å²) >= 11 is 0. The molecule has 1 rings (SSSR count). The Morgan fingerprint density at radius 1 is 1.20 bits per heavy atom. The van der Waals surface area contributed by atoms with Crippen LogP contribution >= 0.6 is 0 Å². The van der Waals surface area contributed by atoms with Crippen molar-refractivity contribution in [3.8, 4) is 11.5 Å². The molecule has 0 spiro atoms. The molecule has 5 nitrogen and oxygen atoms in total. The minimum Gasteiger partial charge on any atom is -0.493 e. The Hall–Kier alpha value is -1.33. The smallest absolute Gasteiger partial charge is 0.183 e. The molecule has 1 aromatic rings. The first-order valence-electron chi connectivity index (χ1n) is 6.79. The number of nitrogens with one attached hydrogen (secondary N) is 1. The summed E-state index contributed by atoms with van der Waals surface area (Å²) in [6, 6.07) is 1.80. The Balaban J connectivity index is 2.57. The highest BCUT2D eigenvalue weighted by atomic mass is 16.5. The molecule has 20 heavy (non-hydrogen) atoms. The molecule has 1 N–H and O–H groups in total. The lowest BCUT2D eigenvalue weighted by Crippen LogP contribution is -2.30. The molecular formula is C15H26N2O3. The van der Waals surface area contributed by atoms with Crippen LogP contribution < -0.4 is 14.8 Å². The summed E-state index contributed by atoms with van der Waals surface area (Å²) in [6.45, 7) is 6.75. The fourth-order valence-corrected chi connectivity index (χ4v) is 1.96. The van der Waals surface area contributed by atoms with Gasteiger partial charge in [0.2, 0.25) is 0 Å². The molecule has 0 aliphatic heterocycles. The van der Waals surface area contributed by atoms with Gasteiger partial charge < -0.3 is 19.5 Å². The number of nitrogens with zero attached hydrogens (tertiary/aromatic N) is 1. The zero-order valence-corrected chi connectivity index (χ0v) is 13.2. The van der Waals surface area contributed by atoms with Gasteiger partial charge in [-0.3, -0.25) is 4.98 Å². The molecule has 0 radical (unpaired) electrons. The number of hydrogen-bond donors (Lipinski definition) is 1. The van der Waals surface area contributed by atoms with Gasteiger partial charge in [-0.2, -0.15) is 0 Å². The molecule has 1 aromatic heterocycles. The second-order valence-corrected chi connectivity index (χ2v) is 5.50. The molecule has 0 atom stereocenters. The second kappa shape index (κ2) is 8.07. The Labute approximate surface area is 121 Å². The molecule has 0 unspecified atom stereocenters. The maximum absolute atomic E-state index is 5.37. The average Bonchev–Trinajstić information content (AvgIpc) is 2.44. The van der Waals surface area contributed by atoms with Crippen LogP contribution in [0.25, 0.3) is 0 Å². The second-order valence-electron chi connectivity index (χ2n) is 5.50. The van der Waals surface area contributed by atoms with E-state index in [9.17, 15) is 0 Å². The maximum atomic E-state index is 5.37. The van der Waals surface area contributed by atoms with Crippen LogP contribution in [-0.2, 0) is 11.3 Å². The van der Waals surface area contributed by atoms with Gasteiger partial charge in [-0.05, 0) is 11.8 Å². The molecule has 0 amide bonds. The Morgan fingerprint density at radius 3 is 2.55 bits per heavy atom. The first-order valence-corrected chi connectivity index (χ1v) is 6.79. The molecule has 0 saturated carbocycles. The van der Waals surface area contributed by atoms with Crippen molar-refractivity contribution in [3.05, 3.63) is 18.0 Å². The third-order valence-electron chi connectivity index (χ3n) is 3.25. The van der Waals surface area contributed by atoms with Gasteiger partial charge in [-0.15, -0.1) is 0 Å². The Bertz CT molecular complexity index is 408. The van der Waals surface area contributed by atoms with E-state index in [1.165, 1.54) is 0 Å². The molecule has 1 heterocycles. The van der Waals surface area contributed by atoms with Gasteiger partial charge in [-0.1, -0.05) is 13.8 Å². The summed E-state index contributed by atoms with van der Waals surface area (Å²) in [7, 11) is 4.99. The van der Waals surface area contributed by atoms with Crippen molar-refractivity contribution in [2.45, 2.75) is 26.8 Å². The van der Waals surface area contributed by atoms with E-state index in [1.54, 1.807) is 33.6 Å². The highest BCUT2D eigenvalue weighted by molar-refractivity contribution is 5.42. The van der Waals surface area contributed by atoms with E-state index in [0.717, 1.165) is 25.3 Å². The lowest BCUT2D eigenvalue weighted by Gasteiger charge is -2.24. The monoisotopic (exact) mass is 282 g/mol. The Kier molecular flexibility index (Phi) is 6.75. The number of ether oxygens (including phenoxy) is 3. The summed E-state index contributed by atoms with van der Waals surface area (Å²) in [6.07, 6.45) is 2.74. The number of pyridine rings is 1. The van der Waals surface area contributed by atoms with Crippen LogP contribution in [0.5, 0.6) is 11.5 Å². The molecule has 0 aromatic carbocycles. The molecule has 0 aliphatic rings. The van der Waals surface area contributed by atoms with E-state index in [1.807, 2.05) is 0 Å². The number of hydrogen-bond acceptors (Lipinski definition) is 5. The largest absolute Gasteiger partial charge is 0.493 e. The van der Waals surface area contributed by atoms with E-state index < -0.39 is 0 Å². The van der Waals surface area contributed by atoms with Crippen molar-refractivity contribution in [3.63, 3.8) is 0 Å². The van der Waals surface area contributed by atoms with Gasteiger partial charge in [0.25, 0.3) is 0 Å². The molecule has 0 saturated heterocycles. The van der Waals surface area contributed by atoms with Crippen LogP contribution in [0.15, 0.2) is 12.3 Å². The quantitative estimate of drug-likeness (QED) is 0.753. The molecule has 114 valence electrons. The third-order valence-corrected chi connectivity index (χ3v) is 3.25. The predicted molar refractivity (Wildman–Crippen MR) is 79.3 cm³/mol. The maximum Gasteiger partial charge on any atom is 0.183 e. The third kappa shape index (κ3) is 4.98. The number of methoxy groups -OCH3 is 3. The lowest BCUT2D eigenvalue weighted by atomic mass is 9.90. The van der Waals surface area contributed by atoms with Crippen LogP contribution in [0, 0.1) is 5.41 Å². The van der Waals surface area contributed by atoms with Crippen LogP contribution in [-0.4, -0.2) is 39.5 Å². The van der Waals surface area contributed by atoms with Gasteiger partial charge in [-0.25, -0.2) is 0 Å². The minimum atomic E-state index is 0.183. The normalized spacial score (nSPS) is 11.4. The summed E-state index contributed by atoms with van der Waals surface area (Å²) in [5.41, 5.74) is 1.04. The highest BCUT2D eigenvalue weighted by Crippen LogP contribution is 2.29. The molecule has 0 aliphatic carbocycles. The first-order chi connectivity index (χ1) is 9.54. The van der Waals surface area contributed by atoms with E-state index in [2.05, 4.69) is 24.1 Å². The lowest BCUT2D eigenvalue weighted by molar-refractivity contribution is 0.150. The SMILES string of the molecule is COCCC(C)(C)CNCc1nccc(OC)c1OC. The number of rotatable bonds is 9. The summed E-state index contributed by atoms with van der Waals surface area (Å²) in [5.74, 6) is 1.40. The summed E-state index contributed by atoms with van der Waals surface area (Å²) < 4.78 is 15.8. The van der Waals surface area contributed by atoms with Crippen molar-refractivity contribution in [1.29, 1.82) is 0 Å². The zero-order chi connectivity index (χ0) is 15.0. The van der Waals surface area contributed by atoms with E-state index in [0.29, 0.717) is 18.0 Å². The van der Waals surface area contributed by atoms with Crippen LogP contribution in [0.1, 0.15) is 26.0 Å². The van der Waals surface area contributed by atoms with Crippen molar-refractivity contribution < 1.29 is 14.2 Å². The van der Waals surface area contributed by atoms with E-state index >= 15 is 0 Å². The van der Waals surface area contributed by atoms with Crippen molar-refractivity contribution in [2.75, 3.05) is 34.5 Å². The molecule has 0 bridgehead atoms. The van der Waals surface area contributed by atoms with Gasteiger partial charge in [0, 0.05) is 39.1 Å². The van der Waals surface area contributed by atoms with Crippen molar-refractivity contribution >= 4 is 0 Å². The fraction of sp³-hybridized carbons (Fsp3) is 0.667. The Morgan fingerprint density at radius 2 is 1.95 bits per heavy atom. The summed E-state index contributed by atoms with van der Waals surface area (Å²) in [4.78, 5) is 4.35. The number of aromatic nitrogens is 1. The minimum absolute atomic E-state index is 0.183. The van der Waals surface area contributed by atoms with E-state index in [4.69, 9.17) is 14.2 Å². The van der Waals surface area contributed by atoms with Gasteiger partial charge >= 0.3 is 0 Å². The van der Waals surface area contributed by atoms with Gasteiger partial charge in [0.15, 0.2) is 11.5 Å².